The van der Waals surface area contributed by atoms with Gasteiger partial charge in [-0.1, -0.05) is 0 Å². The van der Waals surface area contributed by atoms with Gasteiger partial charge in [0.25, 0.3) is 10.2 Å². The van der Waals surface area contributed by atoms with Crippen LogP contribution in [-0.4, -0.2) is 38.9 Å². The second-order valence-corrected chi connectivity index (χ2v) is 6.77. The molecule has 0 radical (unpaired) electrons. The number of carbonyl (C=O) groups is 1. The Balaban J connectivity index is 1.78. The van der Waals surface area contributed by atoms with Crippen molar-refractivity contribution in [3.8, 4) is 0 Å². The number of hydrogen-bond acceptors (Lipinski definition) is 3. The molecule has 2 aliphatic rings. The van der Waals surface area contributed by atoms with Crippen molar-refractivity contribution in [2.45, 2.75) is 32.1 Å². The zero-order valence-electron chi connectivity index (χ0n) is 10.5. The van der Waals surface area contributed by atoms with Gasteiger partial charge >= 0.3 is 0 Å². The number of nitrogens with one attached hydrogen (secondary N) is 1. The van der Waals surface area contributed by atoms with E-state index in [-0.39, 0.29) is 11.8 Å². The Morgan fingerprint density at radius 2 is 2.00 bits per heavy atom. The summed E-state index contributed by atoms with van der Waals surface area (Å²) in [5, 5.41) is 4.90. The fourth-order valence-corrected chi connectivity index (χ4v) is 2.86. The average Bonchev–Trinajstić information content (AvgIpc) is 3.10. The van der Waals surface area contributed by atoms with Gasteiger partial charge in [-0.25, -0.2) is 9.86 Å². The van der Waals surface area contributed by atoms with E-state index >= 15 is 0 Å². The molecule has 0 aromatic rings. The van der Waals surface area contributed by atoms with Crippen LogP contribution in [0.15, 0.2) is 0 Å². The maximum absolute atomic E-state index is 12.0. The van der Waals surface area contributed by atoms with Gasteiger partial charge in [0.05, 0.1) is 0 Å². The molecule has 7 heteroatoms. The van der Waals surface area contributed by atoms with E-state index in [2.05, 4.69) is 4.72 Å². The third-order valence-electron chi connectivity index (χ3n) is 3.61. The summed E-state index contributed by atoms with van der Waals surface area (Å²) in [6.07, 6.45) is 4.89. The number of amides is 1. The Labute approximate surface area is 108 Å². The smallest absolute Gasteiger partial charge is 0.274 e. The third-order valence-corrected chi connectivity index (χ3v) is 4.17. The van der Waals surface area contributed by atoms with Crippen LogP contribution in [0.3, 0.4) is 0 Å². The van der Waals surface area contributed by atoms with Crippen molar-refractivity contribution in [3.05, 3.63) is 0 Å². The summed E-state index contributed by atoms with van der Waals surface area (Å²) in [4.78, 5) is 13.8. The number of carbonyl (C=O) groups excluding carboxylic acids is 1. The first-order valence-electron chi connectivity index (χ1n) is 6.49. The lowest BCUT2D eigenvalue weighted by molar-refractivity contribution is -0.133. The van der Waals surface area contributed by atoms with E-state index < -0.39 is 10.2 Å². The molecule has 0 spiro atoms. The number of rotatable bonds is 5. The Morgan fingerprint density at radius 1 is 1.28 bits per heavy atom. The molecule has 1 amide bonds. The molecule has 2 rings (SSSR count). The molecule has 1 heterocycles. The maximum Gasteiger partial charge on any atom is 0.274 e. The van der Waals surface area contributed by atoms with Gasteiger partial charge in [-0.2, -0.15) is 8.42 Å². The van der Waals surface area contributed by atoms with Crippen molar-refractivity contribution in [2.75, 3.05) is 19.6 Å². The van der Waals surface area contributed by atoms with Crippen LogP contribution in [0, 0.1) is 11.8 Å². The van der Waals surface area contributed by atoms with Gasteiger partial charge in [-0.3, -0.25) is 4.79 Å². The highest BCUT2D eigenvalue weighted by atomic mass is 32.2. The number of nitrogens with two attached hydrogens (primary N) is 1. The van der Waals surface area contributed by atoms with Gasteiger partial charge in [0, 0.05) is 26.1 Å². The summed E-state index contributed by atoms with van der Waals surface area (Å²) < 4.78 is 24.0. The molecule has 2 fully saturated rings. The minimum Gasteiger partial charge on any atom is -0.342 e. The molecular weight excluding hydrogens is 254 g/mol. The molecule has 104 valence electrons. The van der Waals surface area contributed by atoms with Gasteiger partial charge in [-0.05, 0) is 37.5 Å². The Hall–Kier alpha value is -0.660. The Kier molecular flexibility index (Phi) is 4.24. The van der Waals surface area contributed by atoms with Crippen molar-refractivity contribution >= 4 is 16.1 Å². The van der Waals surface area contributed by atoms with E-state index in [0.717, 1.165) is 19.4 Å². The summed E-state index contributed by atoms with van der Waals surface area (Å²) in [5.41, 5.74) is 0. The minimum absolute atomic E-state index is 0.181. The first-order valence-corrected chi connectivity index (χ1v) is 8.04. The molecule has 1 unspecified atom stereocenters. The topological polar surface area (TPSA) is 92.5 Å². The van der Waals surface area contributed by atoms with Gasteiger partial charge in [0.1, 0.15) is 0 Å². The SMILES string of the molecule is NS(=O)(=O)NCC1CCCN(C(=O)CC2CC2)C1. The van der Waals surface area contributed by atoms with Crippen molar-refractivity contribution in [1.82, 2.24) is 9.62 Å². The molecule has 1 aliphatic carbocycles. The molecule has 0 aromatic heterocycles. The Bertz CT molecular complexity index is 406. The summed E-state index contributed by atoms with van der Waals surface area (Å²) in [7, 11) is -3.62. The van der Waals surface area contributed by atoms with Crippen LogP contribution in [-0.2, 0) is 15.0 Å². The maximum atomic E-state index is 12.0. The second-order valence-electron chi connectivity index (χ2n) is 5.39. The molecule has 1 saturated carbocycles. The molecule has 0 bridgehead atoms. The molecule has 3 N–H and O–H groups in total. The molecule has 1 atom stereocenters. The van der Waals surface area contributed by atoms with Crippen LogP contribution in [0.5, 0.6) is 0 Å². The van der Waals surface area contributed by atoms with Crippen molar-refractivity contribution in [3.63, 3.8) is 0 Å². The monoisotopic (exact) mass is 275 g/mol. The highest BCUT2D eigenvalue weighted by Gasteiger charge is 2.29. The zero-order chi connectivity index (χ0) is 13.2. The van der Waals surface area contributed by atoms with Crippen molar-refractivity contribution < 1.29 is 13.2 Å². The number of nitrogens with zero attached hydrogens (tertiary/aromatic N) is 1. The van der Waals surface area contributed by atoms with Gasteiger partial charge in [0.2, 0.25) is 5.91 Å². The molecule has 6 nitrogen and oxygen atoms in total. The van der Waals surface area contributed by atoms with Crippen molar-refractivity contribution in [1.29, 1.82) is 0 Å². The fraction of sp³-hybridized carbons (Fsp3) is 0.909. The van der Waals surface area contributed by atoms with E-state index in [4.69, 9.17) is 5.14 Å². The molecule has 0 aromatic carbocycles. The lowest BCUT2D eigenvalue weighted by Gasteiger charge is -2.32. The summed E-state index contributed by atoms with van der Waals surface area (Å²) >= 11 is 0. The van der Waals surface area contributed by atoms with E-state index in [1.165, 1.54) is 12.8 Å². The first kappa shape index (κ1) is 13.8. The van der Waals surface area contributed by atoms with Gasteiger partial charge < -0.3 is 4.90 Å². The van der Waals surface area contributed by atoms with E-state index in [9.17, 15) is 13.2 Å². The largest absolute Gasteiger partial charge is 0.342 e. The van der Waals surface area contributed by atoms with Crippen LogP contribution < -0.4 is 9.86 Å². The minimum atomic E-state index is -3.62. The molecule has 1 aliphatic heterocycles. The van der Waals surface area contributed by atoms with Crippen LogP contribution in [0.4, 0.5) is 0 Å². The summed E-state index contributed by atoms with van der Waals surface area (Å²) in [6.45, 7) is 1.78. The summed E-state index contributed by atoms with van der Waals surface area (Å²) in [6, 6.07) is 0. The van der Waals surface area contributed by atoms with Gasteiger partial charge in [0.15, 0.2) is 0 Å². The van der Waals surface area contributed by atoms with E-state index in [0.29, 0.717) is 25.4 Å². The third kappa shape index (κ3) is 4.55. The first-order chi connectivity index (χ1) is 8.44. The highest BCUT2D eigenvalue weighted by Crippen LogP contribution is 2.33. The second kappa shape index (κ2) is 5.54. The standard InChI is InChI=1S/C11H21N3O3S/c12-18(16,17)13-7-10-2-1-5-14(8-10)11(15)6-9-3-4-9/h9-10,13H,1-8H2,(H2,12,16,17). The lowest BCUT2D eigenvalue weighted by atomic mass is 9.98. The predicted molar refractivity (Wildman–Crippen MR) is 67.8 cm³/mol. The van der Waals surface area contributed by atoms with Crippen molar-refractivity contribution in [2.24, 2.45) is 17.0 Å². The molecule has 1 saturated heterocycles. The van der Waals surface area contributed by atoms with Crippen LogP contribution >= 0.6 is 0 Å². The summed E-state index contributed by atoms with van der Waals surface area (Å²) in [5.74, 6) is 0.999. The quantitative estimate of drug-likeness (QED) is 0.729. The van der Waals surface area contributed by atoms with E-state index in [1.54, 1.807) is 0 Å². The Morgan fingerprint density at radius 3 is 2.61 bits per heavy atom. The van der Waals surface area contributed by atoms with Gasteiger partial charge in [-0.15, -0.1) is 0 Å². The highest BCUT2D eigenvalue weighted by molar-refractivity contribution is 7.87. The lowest BCUT2D eigenvalue weighted by Crippen LogP contribution is -2.44. The number of likely N-dealkylation sites (tertiary alicyclic amines) is 1. The average molecular weight is 275 g/mol. The zero-order valence-corrected chi connectivity index (χ0v) is 11.3. The predicted octanol–water partition coefficient (Wildman–Crippen LogP) is -0.182. The molecule has 18 heavy (non-hydrogen) atoms. The number of hydrogen-bond donors (Lipinski definition) is 2. The number of piperidine rings is 1. The fourth-order valence-electron chi connectivity index (χ4n) is 2.39. The van der Waals surface area contributed by atoms with Crippen LogP contribution in [0.2, 0.25) is 0 Å². The van der Waals surface area contributed by atoms with Crippen LogP contribution in [0.1, 0.15) is 32.1 Å². The van der Waals surface area contributed by atoms with Crippen LogP contribution in [0.25, 0.3) is 0 Å². The van der Waals surface area contributed by atoms with E-state index in [1.807, 2.05) is 4.90 Å². The molecular formula is C11H21N3O3S. The normalized spacial score (nSPS) is 25.2.